The van der Waals surface area contributed by atoms with E-state index in [4.69, 9.17) is 5.73 Å². The maximum absolute atomic E-state index is 12.1. The maximum Gasteiger partial charge on any atom is 0.261 e. The lowest BCUT2D eigenvalue weighted by Crippen LogP contribution is -2.30. The van der Waals surface area contributed by atoms with Gasteiger partial charge in [0.1, 0.15) is 0 Å². The van der Waals surface area contributed by atoms with Crippen LogP contribution in [0.5, 0.6) is 0 Å². The van der Waals surface area contributed by atoms with Gasteiger partial charge in [0.15, 0.2) is 0 Å². The minimum absolute atomic E-state index is 0.143. The molecular formula is C14H16N2O2S. The molecule has 100 valence electrons. The number of rotatable bonds is 4. The number of hydrogen-bond acceptors (Lipinski definition) is 4. The highest BCUT2D eigenvalue weighted by molar-refractivity contribution is 7.14. The van der Waals surface area contributed by atoms with Gasteiger partial charge in [0.2, 0.25) is 0 Å². The van der Waals surface area contributed by atoms with Crippen LogP contribution in [0.3, 0.4) is 0 Å². The molecule has 0 aliphatic rings. The summed E-state index contributed by atoms with van der Waals surface area (Å²) >= 11 is 1.35. The van der Waals surface area contributed by atoms with Crippen molar-refractivity contribution in [3.63, 3.8) is 0 Å². The first-order valence-corrected chi connectivity index (χ1v) is 6.76. The minimum atomic E-state index is -0.405. The zero-order valence-corrected chi connectivity index (χ0v) is 11.4. The Kier molecular flexibility index (Phi) is 4.19. The normalized spacial score (nSPS) is 12.1. The average molecular weight is 276 g/mol. The molecule has 0 fully saturated rings. The van der Waals surface area contributed by atoms with Gasteiger partial charge in [0, 0.05) is 10.6 Å². The van der Waals surface area contributed by atoms with Crippen molar-refractivity contribution >= 4 is 22.9 Å². The molecule has 1 aromatic carbocycles. The summed E-state index contributed by atoms with van der Waals surface area (Å²) in [5.41, 5.74) is 7.23. The zero-order valence-electron chi connectivity index (χ0n) is 10.6. The lowest BCUT2D eigenvalue weighted by molar-refractivity contribution is 0.0920. The molecule has 0 spiro atoms. The molecule has 2 aromatic rings. The van der Waals surface area contributed by atoms with Crippen LogP contribution in [0.15, 0.2) is 36.4 Å². The summed E-state index contributed by atoms with van der Waals surface area (Å²) in [4.78, 5) is 13.6. The third-order valence-corrected chi connectivity index (χ3v) is 3.93. The van der Waals surface area contributed by atoms with E-state index in [-0.39, 0.29) is 12.5 Å². The number of carbonyl (C=O) groups excluding carboxylic acids is 1. The molecule has 2 rings (SSSR count). The number of anilines is 1. The molecule has 0 saturated heterocycles. The van der Waals surface area contributed by atoms with E-state index < -0.39 is 6.04 Å². The molecule has 4 N–H and O–H groups in total. The van der Waals surface area contributed by atoms with Crippen molar-refractivity contribution in [3.8, 4) is 0 Å². The van der Waals surface area contributed by atoms with Crippen LogP contribution < -0.4 is 11.1 Å². The number of hydrogen-bond donors (Lipinski definition) is 3. The van der Waals surface area contributed by atoms with Gasteiger partial charge in [0.05, 0.1) is 17.5 Å². The highest BCUT2D eigenvalue weighted by atomic mass is 32.1. The Bertz CT molecular complexity index is 547. The Morgan fingerprint density at radius 3 is 2.63 bits per heavy atom. The smallest absolute Gasteiger partial charge is 0.261 e. The summed E-state index contributed by atoms with van der Waals surface area (Å²) in [5.74, 6) is -0.215. The van der Waals surface area contributed by atoms with Crippen LogP contribution >= 0.6 is 11.3 Å². The Balaban J connectivity index is 2.13. The van der Waals surface area contributed by atoms with Crippen LogP contribution in [-0.2, 0) is 0 Å². The summed E-state index contributed by atoms with van der Waals surface area (Å²) < 4.78 is 0. The van der Waals surface area contributed by atoms with Crippen molar-refractivity contribution in [3.05, 3.63) is 51.7 Å². The van der Waals surface area contributed by atoms with E-state index in [0.29, 0.717) is 10.6 Å². The third kappa shape index (κ3) is 3.13. The van der Waals surface area contributed by atoms with E-state index in [2.05, 4.69) is 5.32 Å². The molecule has 0 bridgehead atoms. The van der Waals surface area contributed by atoms with Crippen LogP contribution in [-0.4, -0.2) is 17.6 Å². The van der Waals surface area contributed by atoms with Crippen LogP contribution in [0.25, 0.3) is 0 Å². The topological polar surface area (TPSA) is 75.3 Å². The summed E-state index contributed by atoms with van der Waals surface area (Å²) in [7, 11) is 0. The first kappa shape index (κ1) is 13.6. The fraction of sp³-hybridized carbons (Fsp3) is 0.214. The van der Waals surface area contributed by atoms with Crippen molar-refractivity contribution in [1.29, 1.82) is 0 Å². The van der Waals surface area contributed by atoms with Crippen LogP contribution in [0.2, 0.25) is 0 Å². The highest BCUT2D eigenvalue weighted by Crippen LogP contribution is 2.24. The number of nitrogens with two attached hydrogens (primary N) is 1. The van der Waals surface area contributed by atoms with Gasteiger partial charge in [-0.25, -0.2) is 0 Å². The number of nitrogen functional groups attached to an aromatic ring is 1. The van der Waals surface area contributed by atoms with Crippen LogP contribution in [0.1, 0.15) is 26.2 Å². The van der Waals surface area contributed by atoms with E-state index in [9.17, 15) is 9.90 Å². The summed E-state index contributed by atoms with van der Waals surface area (Å²) in [6.45, 7) is 1.73. The fourth-order valence-corrected chi connectivity index (χ4v) is 2.60. The van der Waals surface area contributed by atoms with E-state index in [1.165, 1.54) is 11.3 Å². The highest BCUT2D eigenvalue weighted by Gasteiger charge is 2.16. The van der Waals surface area contributed by atoms with Gasteiger partial charge in [-0.15, -0.1) is 11.3 Å². The van der Waals surface area contributed by atoms with Crippen LogP contribution in [0, 0.1) is 6.92 Å². The van der Waals surface area contributed by atoms with Gasteiger partial charge in [-0.2, -0.15) is 0 Å². The van der Waals surface area contributed by atoms with Gasteiger partial charge in [-0.05, 0) is 18.6 Å². The van der Waals surface area contributed by atoms with Crippen molar-refractivity contribution in [2.75, 3.05) is 12.3 Å². The zero-order chi connectivity index (χ0) is 13.8. The molecule has 4 nitrogen and oxygen atoms in total. The summed E-state index contributed by atoms with van der Waals surface area (Å²) in [6.07, 6.45) is 0. The SMILES string of the molecule is Cc1sc(C(=O)N[C@H](CO)c2ccccc2)cc1N. The average Bonchev–Trinajstić information content (AvgIpc) is 2.77. The van der Waals surface area contributed by atoms with Gasteiger partial charge in [-0.1, -0.05) is 30.3 Å². The largest absolute Gasteiger partial charge is 0.398 e. The Morgan fingerprint density at radius 1 is 1.42 bits per heavy atom. The molecule has 0 unspecified atom stereocenters. The molecule has 1 atom stereocenters. The van der Waals surface area contributed by atoms with E-state index in [1.807, 2.05) is 37.3 Å². The second-order valence-corrected chi connectivity index (χ2v) is 5.50. The molecule has 1 amide bonds. The summed E-state index contributed by atoms with van der Waals surface area (Å²) in [6, 6.07) is 10.6. The number of aryl methyl sites for hydroxylation is 1. The van der Waals surface area contributed by atoms with Crippen molar-refractivity contribution in [2.45, 2.75) is 13.0 Å². The molecule has 1 aromatic heterocycles. The lowest BCUT2D eigenvalue weighted by atomic mass is 10.1. The fourth-order valence-electron chi connectivity index (χ4n) is 1.76. The predicted octanol–water partition coefficient (Wildman–Crippen LogP) is 2.10. The minimum Gasteiger partial charge on any atom is -0.398 e. The van der Waals surface area contributed by atoms with E-state index in [0.717, 1.165) is 10.4 Å². The Morgan fingerprint density at radius 2 is 2.11 bits per heavy atom. The lowest BCUT2D eigenvalue weighted by Gasteiger charge is -2.16. The first-order chi connectivity index (χ1) is 9.11. The van der Waals surface area contributed by atoms with Gasteiger partial charge in [0.25, 0.3) is 5.91 Å². The van der Waals surface area contributed by atoms with Gasteiger partial charge in [-0.3, -0.25) is 4.79 Å². The second kappa shape index (κ2) is 5.86. The van der Waals surface area contributed by atoms with Crippen molar-refractivity contribution in [2.24, 2.45) is 0 Å². The summed E-state index contributed by atoms with van der Waals surface area (Å²) in [5, 5.41) is 12.2. The second-order valence-electron chi connectivity index (χ2n) is 4.24. The van der Waals surface area contributed by atoms with Gasteiger partial charge < -0.3 is 16.2 Å². The number of amides is 1. The number of benzene rings is 1. The van der Waals surface area contributed by atoms with E-state index >= 15 is 0 Å². The molecule has 19 heavy (non-hydrogen) atoms. The van der Waals surface area contributed by atoms with Gasteiger partial charge >= 0.3 is 0 Å². The first-order valence-electron chi connectivity index (χ1n) is 5.94. The molecular weight excluding hydrogens is 260 g/mol. The monoisotopic (exact) mass is 276 g/mol. The van der Waals surface area contributed by atoms with Crippen molar-refractivity contribution < 1.29 is 9.90 Å². The number of aliphatic hydroxyl groups is 1. The maximum atomic E-state index is 12.1. The number of aliphatic hydroxyl groups excluding tert-OH is 1. The standard InChI is InChI=1S/C14H16N2O2S/c1-9-11(15)7-13(19-9)14(18)16-12(8-17)10-5-3-2-4-6-10/h2-7,12,17H,8,15H2,1H3,(H,16,18)/t12-/m1/s1. The van der Waals surface area contributed by atoms with Crippen molar-refractivity contribution in [1.82, 2.24) is 5.32 Å². The molecule has 0 radical (unpaired) electrons. The predicted molar refractivity (Wildman–Crippen MR) is 77.2 cm³/mol. The molecule has 0 aliphatic heterocycles. The molecule has 1 heterocycles. The Labute approximate surface area is 115 Å². The number of thiophene rings is 1. The van der Waals surface area contributed by atoms with E-state index in [1.54, 1.807) is 6.07 Å². The molecule has 0 saturated carbocycles. The molecule has 5 heteroatoms. The number of carbonyl (C=O) groups is 1. The van der Waals surface area contributed by atoms with Crippen LogP contribution in [0.4, 0.5) is 5.69 Å². The quantitative estimate of drug-likeness (QED) is 0.800. The third-order valence-electron chi connectivity index (χ3n) is 2.87. The Hall–Kier alpha value is -1.85. The number of nitrogens with one attached hydrogen (secondary N) is 1. The molecule has 0 aliphatic carbocycles.